The fraction of sp³-hybridized carbons (Fsp3) is 0.333. The molecule has 0 spiro atoms. The first-order valence-electron chi connectivity index (χ1n) is 5.24. The third kappa shape index (κ3) is 1.98. The smallest absolute Gasteiger partial charge is 0.408 e. The quantitative estimate of drug-likeness (QED) is 0.855. The molecule has 0 saturated carbocycles. The van der Waals surface area contributed by atoms with Crippen molar-refractivity contribution in [3.05, 3.63) is 34.3 Å². The number of H-pyrrole nitrogens is 1. The lowest BCUT2D eigenvalue weighted by molar-refractivity contribution is 0.555. The number of benzene rings is 1. The average Bonchev–Trinajstić information content (AvgIpc) is 2.65. The van der Waals surface area contributed by atoms with E-state index in [4.69, 9.17) is 9.68 Å². The minimum Gasteiger partial charge on any atom is -0.408 e. The predicted molar refractivity (Wildman–Crippen MR) is 59.9 cm³/mol. The van der Waals surface area contributed by atoms with Gasteiger partial charge in [-0.3, -0.25) is 4.98 Å². The molecule has 0 saturated heterocycles. The topological polar surface area (TPSA) is 69.8 Å². The number of aromatic nitrogens is 1. The molecule has 4 nitrogen and oxygen atoms in total. The van der Waals surface area contributed by atoms with E-state index in [-0.39, 0.29) is 5.92 Å². The summed E-state index contributed by atoms with van der Waals surface area (Å²) in [4.78, 5) is 13.6. The normalized spacial score (nSPS) is 12.5. The molecule has 1 unspecified atom stereocenters. The Morgan fingerprint density at radius 3 is 3.06 bits per heavy atom. The van der Waals surface area contributed by atoms with Gasteiger partial charge < -0.3 is 4.42 Å². The van der Waals surface area contributed by atoms with Gasteiger partial charge in [-0.05, 0) is 30.5 Å². The monoisotopic (exact) mass is 216 g/mol. The molecule has 0 fully saturated rings. The Balaban J connectivity index is 2.32. The molecule has 16 heavy (non-hydrogen) atoms. The van der Waals surface area contributed by atoms with Gasteiger partial charge in [-0.15, -0.1) is 0 Å². The van der Waals surface area contributed by atoms with E-state index in [1.807, 2.05) is 19.1 Å². The summed E-state index contributed by atoms with van der Waals surface area (Å²) < 4.78 is 4.90. The molecule has 0 amide bonds. The van der Waals surface area contributed by atoms with E-state index < -0.39 is 5.76 Å². The molecule has 0 aliphatic heterocycles. The summed E-state index contributed by atoms with van der Waals surface area (Å²) in [6.45, 7) is 1.99. The van der Waals surface area contributed by atoms with Crippen molar-refractivity contribution in [1.29, 1.82) is 5.26 Å². The first-order valence-corrected chi connectivity index (χ1v) is 5.24. The standard InChI is InChI=1S/C12H12N2O2/c1-2-8(7-13)5-9-3-4-11-10(6-9)14-12(15)16-11/h3-4,6,8H,2,5H2,1H3,(H,14,15). The molecule has 4 heteroatoms. The maximum Gasteiger partial charge on any atom is 0.417 e. The van der Waals surface area contributed by atoms with E-state index in [1.54, 1.807) is 6.07 Å². The molecular formula is C12H12N2O2. The lowest BCUT2D eigenvalue weighted by Crippen LogP contribution is -1.99. The van der Waals surface area contributed by atoms with Gasteiger partial charge in [-0.25, -0.2) is 4.79 Å². The SMILES string of the molecule is CCC(C#N)Cc1ccc2oc(=O)[nH]c2c1. The molecule has 1 aromatic carbocycles. The zero-order valence-corrected chi connectivity index (χ0v) is 8.99. The maximum absolute atomic E-state index is 11.0. The van der Waals surface area contributed by atoms with E-state index in [0.717, 1.165) is 12.0 Å². The highest BCUT2D eigenvalue weighted by Gasteiger charge is 2.07. The van der Waals surface area contributed by atoms with Crippen LogP contribution in [0.3, 0.4) is 0 Å². The summed E-state index contributed by atoms with van der Waals surface area (Å²) in [5, 5.41) is 8.88. The molecule has 0 radical (unpaired) electrons. The largest absolute Gasteiger partial charge is 0.417 e. The van der Waals surface area contributed by atoms with Gasteiger partial charge in [0.05, 0.1) is 17.5 Å². The van der Waals surface area contributed by atoms with Crippen LogP contribution in [0.25, 0.3) is 11.1 Å². The molecule has 1 aromatic heterocycles. The van der Waals surface area contributed by atoms with Crippen LogP contribution in [0.15, 0.2) is 27.4 Å². The Kier molecular flexibility index (Phi) is 2.78. The number of nitrogens with zero attached hydrogens (tertiary/aromatic N) is 1. The van der Waals surface area contributed by atoms with Crippen LogP contribution in [0, 0.1) is 17.2 Å². The van der Waals surface area contributed by atoms with Gasteiger partial charge >= 0.3 is 5.76 Å². The molecule has 1 atom stereocenters. The lowest BCUT2D eigenvalue weighted by atomic mass is 9.98. The predicted octanol–water partition coefficient (Wildman–Crippen LogP) is 2.21. The van der Waals surface area contributed by atoms with E-state index >= 15 is 0 Å². The van der Waals surface area contributed by atoms with Crippen molar-refractivity contribution in [3.8, 4) is 6.07 Å². The van der Waals surface area contributed by atoms with E-state index in [1.165, 1.54) is 0 Å². The van der Waals surface area contributed by atoms with Crippen molar-refractivity contribution < 1.29 is 4.42 Å². The van der Waals surface area contributed by atoms with Gasteiger partial charge in [0.15, 0.2) is 5.58 Å². The van der Waals surface area contributed by atoms with Crippen LogP contribution in [-0.2, 0) is 6.42 Å². The minimum atomic E-state index is -0.445. The number of hydrogen-bond acceptors (Lipinski definition) is 3. The highest BCUT2D eigenvalue weighted by atomic mass is 16.4. The van der Waals surface area contributed by atoms with E-state index in [0.29, 0.717) is 17.5 Å². The summed E-state index contributed by atoms with van der Waals surface area (Å²) in [7, 11) is 0. The Bertz CT molecular complexity index is 589. The molecule has 0 aliphatic carbocycles. The second kappa shape index (κ2) is 4.23. The number of rotatable bonds is 3. The Hall–Kier alpha value is -2.02. The molecule has 1 N–H and O–H groups in total. The highest BCUT2D eigenvalue weighted by molar-refractivity contribution is 5.72. The van der Waals surface area contributed by atoms with Gasteiger partial charge in [0.1, 0.15) is 0 Å². The zero-order valence-electron chi connectivity index (χ0n) is 8.99. The Morgan fingerprint density at radius 2 is 2.38 bits per heavy atom. The Morgan fingerprint density at radius 1 is 1.56 bits per heavy atom. The van der Waals surface area contributed by atoms with Gasteiger partial charge in [0.2, 0.25) is 0 Å². The van der Waals surface area contributed by atoms with Crippen LogP contribution in [0.5, 0.6) is 0 Å². The summed E-state index contributed by atoms with van der Waals surface area (Å²) in [6.07, 6.45) is 1.53. The number of oxazole rings is 1. The van der Waals surface area contributed by atoms with Crippen molar-refractivity contribution in [3.63, 3.8) is 0 Å². The van der Waals surface area contributed by atoms with Crippen LogP contribution in [0.4, 0.5) is 0 Å². The number of nitrogens with one attached hydrogen (secondary N) is 1. The molecule has 2 rings (SSSR count). The summed E-state index contributed by atoms with van der Waals surface area (Å²) in [5.41, 5.74) is 2.28. The van der Waals surface area contributed by atoms with Crippen molar-refractivity contribution in [1.82, 2.24) is 4.98 Å². The van der Waals surface area contributed by atoms with Crippen molar-refractivity contribution >= 4 is 11.1 Å². The second-order valence-electron chi connectivity index (χ2n) is 3.78. The molecule has 0 bridgehead atoms. The number of aromatic amines is 1. The van der Waals surface area contributed by atoms with Gasteiger partial charge in [-0.2, -0.15) is 5.26 Å². The van der Waals surface area contributed by atoms with Crippen molar-refractivity contribution in [2.24, 2.45) is 5.92 Å². The molecule has 2 aromatic rings. The summed E-state index contributed by atoms with van der Waals surface area (Å²) in [6, 6.07) is 7.76. The molecule has 0 aliphatic rings. The van der Waals surface area contributed by atoms with Crippen molar-refractivity contribution in [2.45, 2.75) is 19.8 Å². The summed E-state index contributed by atoms with van der Waals surface area (Å²) >= 11 is 0. The third-order valence-electron chi connectivity index (χ3n) is 2.64. The fourth-order valence-corrected chi connectivity index (χ4v) is 1.69. The minimum absolute atomic E-state index is 0.0241. The first kappa shape index (κ1) is 10.5. The second-order valence-corrected chi connectivity index (χ2v) is 3.78. The van der Waals surface area contributed by atoms with E-state index in [9.17, 15) is 4.79 Å². The first-order chi connectivity index (χ1) is 7.72. The number of fused-ring (bicyclic) bond motifs is 1. The molecule has 1 heterocycles. The van der Waals surface area contributed by atoms with Crippen LogP contribution in [0.2, 0.25) is 0 Å². The highest BCUT2D eigenvalue weighted by Crippen LogP contribution is 2.16. The van der Waals surface area contributed by atoms with E-state index in [2.05, 4.69) is 11.1 Å². The third-order valence-corrected chi connectivity index (χ3v) is 2.64. The van der Waals surface area contributed by atoms with Crippen LogP contribution >= 0.6 is 0 Å². The van der Waals surface area contributed by atoms with Crippen molar-refractivity contribution in [2.75, 3.05) is 0 Å². The lowest BCUT2D eigenvalue weighted by Gasteiger charge is -2.05. The van der Waals surface area contributed by atoms with Crippen LogP contribution in [-0.4, -0.2) is 4.98 Å². The zero-order chi connectivity index (χ0) is 11.5. The number of hydrogen-bond donors (Lipinski definition) is 1. The van der Waals surface area contributed by atoms with Gasteiger partial charge in [0.25, 0.3) is 0 Å². The summed E-state index contributed by atoms with van der Waals surface area (Å²) in [5.74, 6) is -0.421. The molecular weight excluding hydrogens is 204 g/mol. The number of nitriles is 1. The Labute approximate surface area is 92.5 Å². The van der Waals surface area contributed by atoms with Crippen LogP contribution < -0.4 is 5.76 Å². The fourth-order valence-electron chi connectivity index (χ4n) is 1.69. The maximum atomic E-state index is 11.0. The van der Waals surface area contributed by atoms with Gasteiger partial charge in [-0.1, -0.05) is 13.0 Å². The average molecular weight is 216 g/mol. The van der Waals surface area contributed by atoms with Crippen LogP contribution in [0.1, 0.15) is 18.9 Å². The molecule has 82 valence electrons. The van der Waals surface area contributed by atoms with Gasteiger partial charge in [0, 0.05) is 0 Å².